The van der Waals surface area contributed by atoms with Crippen molar-refractivity contribution in [2.45, 2.75) is 32.6 Å². The highest BCUT2D eigenvalue weighted by atomic mass is 32.2. The fraction of sp³-hybridized carbons (Fsp3) is 0.550. The van der Waals surface area contributed by atoms with Crippen LogP contribution in [0.5, 0.6) is 0 Å². The van der Waals surface area contributed by atoms with Crippen LogP contribution < -0.4 is 0 Å². The predicted octanol–water partition coefficient (Wildman–Crippen LogP) is 1.85. The molecule has 2 fully saturated rings. The summed E-state index contributed by atoms with van der Waals surface area (Å²) in [5.41, 5.74) is 1.62. The molecule has 29 heavy (non-hydrogen) atoms. The van der Waals surface area contributed by atoms with Gasteiger partial charge in [-0.1, -0.05) is 6.07 Å². The van der Waals surface area contributed by atoms with Crippen molar-refractivity contribution in [2.75, 3.05) is 39.3 Å². The highest BCUT2D eigenvalue weighted by Gasteiger charge is 2.36. The van der Waals surface area contributed by atoms with Gasteiger partial charge in [-0.05, 0) is 37.6 Å². The first-order valence-corrected chi connectivity index (χ1v) is 11.4. The Balaban J connectivity index is 1.42. The van der Waals surface area contributed by atoms with Crippen molar-refractivity contribution in [3.05, 3.63) is 41.8 Å². The minimum absolute atomic E-state index is 0.103. The largest absolute Gasteiger partial charge is 0.373 e. The fourth-order valence-corrected chi connectivity index (χ4v) is 5.91. The van der Waals surface area contributed by atoms with Gasteiger partial charge in [0, 0.05) is 57.4 Å². The summed E-state index contributed by atoms with van der Waals surface area (Å²) in [5, 5.41) is 0.516. The van der Waals surface area contributed by atoms with Crippen LogP contribution in [0.2, 0.25) is 0 Å². The van der Waals surface area contributed by atoms with Gasteiger partial charge in [-0.25, -0.2) is 4.39 Å². The maximum Gasteiger partial charge on any atom is 0.282 e. The van der Waals surface area contributed by atoms with Crippen LogP contribution in [-0.4, -0.2) is 78.4 Å². The zero-order chi connectivity index (χ0) is 20.6. The minimum atomic E-state index is -3.49. The van der Waals surface area contributed by atoms with E-state index in [1.54, 1.807) is 33.0 Å². The van der Waals surface area contributed by atoms with Crippen LogP contribution in [0.25, 0.3) is 10.9 Å². The van der Waals surface area contributed by atoms with Crippen LogP contribution in [0.4, 0.5) is 4.39 Å². The van der Waals surface area contributed by atoms with E-state index in [4.69, 9.17) is 4.74 Å². The zero-order valence-electron chi connectivity index (χ0n) is 16.8. The number of hydrogen-bond acceptors (Lipinski definition) is 5. The molecule has 0 spiro atoms. The lowest BCUT2D eigenvalue weighted by atomic mass is 10.1. The van der Waals surface area contributed by atoms with E-state index in [-0.39, 0.29) is 18.0 Å². The molecule has 9 heteroatoms. The Hall–Kier alpha value is -1.65. The molecule has 2 saturated heterocycles. The molecule has 0 amide bonds. The molecule has 7 nitrogen and oxygen atoms in total. The number of halogens is 1. The monoisotopic (exact) mass is 422 g/mol. The van der Waals surface area contributed by atoms with E-state index in [0.717, 1.165) is 5.56 Å². The van der Waals surface area contributed by atoms with E-state index in [9.17, 15) is 12.8 Å². The molecule has 3 heterocycles. The summed E-state index contributed by atoms with van der Waals surface area (Å²) in [6.07, 6.45) is 1.46. The van der Waals surface area contributed by atoms with E-state index in [2.05, 4.69) is 9.88 Å². The number of benzene rings is 1. The van der Waals surface area contributed by atoms with Gasteiger partial charge in [0.25, 0.3) is 10.2 Å². The second-order valence-electron chi connectivity index (χ2n) is 7.86. The molecule has 0 bridgehead atoms. The van der Waals surface area contributed by atoms with Crippen molar-refractivity contribution in [2.24, 2.45) is 0 Å². The second kappa shape index (κ2) is 8.23. The van der Waals surface area contributed by atoms with Gasteiger partial charge in [-0.15, -0.1) is 0 Å². The molecule has 0 saturated carbocycles. The van der Waals surface area contributed by atoms with Crippen molar-refractivity contribution >= 4 is 21.1 Å². The summed E-state index contributed by atoms with van der Waals surface area (Å²) in [6, 6.07) is 6.70. The average molecular weight is 423 g/mol. The molecular formula is C20H27FN4O3S. The summed E-state index contributed by atoms with van der Waals surface area (Å²) in [4.78, 5) is 6.54. The van der Waals surface area contributed by atoms with E-state index in [1.807, 2.05) is 13.8 Å². The zero-order valence-corrected chi connectivity index (χ0v) is 17.6. The van der Waals surface area contributed by atoms with Crippen molar-refractivity contribution in [1.82, 2.24) is 18.5 Å². The summed E-state index contributed by atoms with van der Waals surface area (Å²) < 4.78 is 48.9. The van der Waals surface area contributed by atoms with E-state index in [1.165, 1.54) is 6.07 Å². The van der Waals surface area contributed by atoms with Gasteiger partial charge >= 0.3 is 0 Å². The number of aromatic nitrogens is 1. The Morgan fingerprint density at radius 2 is 1.76 bits per heavy atom. The number of hydrogen-bond donors (Lipinski definition) is 0. The molecule has 4 rings (SSSR count). The van der Waals surface area contributed by atoms with Crippen molar-refractivity contribution < 1.29 is 17.5 Å². The number of nitrogens with zero attached hydrogens (tertiary/aromatic N) is 4. The Morgan fingerprint density at radius 3 is 2.45 bits per heavy atom. The Labute approximate surface area is 171 Å². The Kier molecular flexibility index (Phi) is 5.85. The molecule has 2 aliphatic heterocycles. The van der Waals surface area contributed by atoms with Gasteiger partial charge in [0.2, 0.25) is 0 Å². The maximum absolute atomic E-state index is 14.0. The Morgan fingerprint density at radius 1 is 1.07 bits per heavy atom. The highest BCUT2D eigenvalue weighted by Crippen LogP contribution is 2.23. The van der Waals surface area contributed by atoms with Crippen LogP contribution >= 0.6 is 0 Å². The normalized spacial score (nSPS) is 25.5. The second-order valence-corrected chi connectivity index (χ2v) is 9.79. The van der Waals surface area contributed by atoms with Crippen LogP contribution in [0.1, 0.15) is 19.4 Å². The maximum atomic E-state index is 14.0. The lowest BCUT2D eigenvalue weighted by Crippen LogP contribution is -2.57. The molecule has 0 radical (unpaired) electrons. The van der Waals surface area contributed by atoms with Gasteiger partial charge in [0.05, 0.1) is 17.7 Å². The first-order valence-electron chi connectivity index (χ1n) is 10.00. The summed E-state index contributed by atoms with van der Waals surface area (Å²) in [6.45, 7) is 7.33. The Bertz CT molecular complexity index is 969. The molecule has 1 aromatic heterocycles. The summed E-state index contributed by atoms with van der Waals surface area (Å²) >= 11 is 0. The third kappa shape index (κ3) is 4.29. The summed E-state index contributed by atoms with van der Waals surface area (Å²) in [7, 11) is -3.49. The number of fused-ring (bicyclic) bond motifs is 1. The van der Waals surface area contributed by atoms with E-state index >= 15 is 0 Å². The van der Waals surface area contributed by atoms with Crippen LogP contribution in [0, 0.1) is 5.82 Å². The van der Waals surface area contributed by atoms with Crippen molar-refractivity contribution in [3.63, 3.8) is 0 Å². The average Bonchev–Trinajstić information content (AvgIpc) is 2.70. The first kappa shape index (κ1) is 20.6. The van der Waals surface area contributed by atoms with Gasteiger partial charge in [0.1, 0.15) is 5.82 Å². The number of rotatable bonds is 4. The minimum Gasteiger partial charge on any atom is -0.373 e. The lowest BCUT2D eigenvalue weighted by Gasteiger charge is -2.40. The third-order valence-electron chi connectivity index (χ3n) is 5.56. The molecule has 2 aromatic rings. The quantitative estimate of drug-likeness (QED) is 0.752. The molecule has 1 aromatic carbocycles. The summed E-state index contributed by atoms with van der Waals surface area (Å²) in [5.74, 6) is -0.276. The molecule has 2 unspecified atom stereocenters. The van der Waals surface area contributed by atoms with Crippen molar-refractivity contribution in [1.29, 1.82) is 0 Å². The first-order chi connectivity index (χ1) is 13.8. The fourth-order valence-electron chi connectivity index (χ4n) is 4.17. The SMILES string of the molecule is CC1CN(S(=O)(=O)N2CCN(Cc3ccc(F)c4cccnc34)CC2)CC(C)O1. The van der Waals surface area contributed by atoms with Gasteiger partial charge < -0.3 is 4.74 Å². The van der Waals surface area contributed by atoms with Crippen LogP contribution in [-0.2, 0) is 21.5 Å². The van der Waals surface area contributed by atoms with E-state index < -0.39 is 10.2 Å². The highest BCUT2D eigenvalue weighted by molar-refractivity contribution is 7.86. The van der Waals surface area contributed by atoms with Crippen molar-refractivity contribution in [3.8, 4) is 0 Å². The molecular weight excluding hydrogens is 395 g/mol. The van der Waals surface area contributed by atoms with Crippen LogP contribution in [0.3, 0.4) is 0 Å². The molecule has 2 aliphatic rings. The van der Waals surface area contributed by atoms with E-state index in [0.29, 0.717) is 56.7 Å². The van der Waals surface area contributed by atoms with Gasteiger partial charge in [-0.2, -0.15) is 17.0 Å². The number of morpholine rings is 1. The smallest absolute Gasteiger partial charge is 0.282 e. The predicted molar refractivity (Wildman–Crippen MR) is 109 cm³/mol. The molecule has 0 N–H and O–H groups in total. The van der Waals surface area contributed by atoms with Crippen LogP contribution in [0.15, 0.2) is 30.5 Å². The molecule has 0 aliphatic carbocycles. The topological polar surface area (TPSA) is 66.0 Å². The number of ether oxygens (including phenoxy) is 1. The standard InChI is InChI=1S/C20H27FN4O3S/c1-15-12-25(13-16(2)28-15)29(26,27)24-10-8-23(9-11-24)14-17-5-6-19(21)18-4-3-7-22-20(17)18/h3-7,15-16H,8-14H2,1-2H3. The molecule has 158 valence electrons. The number of pyridine rings is 1. The van der Waals surface area contributed by atoms with Gasteiger partial charge in [0.15, 0.2) is 0 Å². The lowest BCUT2D eigenvalue weighted by molar-refractivity contribution is -0.0457. The third-order valence-corrected chi connectivity index (χ3v) is 7.53. The number of piperazine rings is 1. The van der Waals surface area contributed by atoms with Gasteiger partial charge in [-0.3, -0.25) is 9.88 Å². The molecule has 2 atom stereocenters.